The summed E-state index contributed by atoms with van der Waals surface area (Å²) in [5, 5.41) is 7.50. The summed E-state index contributed by atoms with van der Waals surface area (Å²) in [7, 11) is 0. The maximum absolute atomic E-state index is 14.5. The van der Waals surface area contributed by atoms with Crippen LogP contribution in [0.5, 0.6) is 5.75 Å². The lowest BCUT2D eigenvalue weighted by molar-refractivity contribution is -0.861. The van der Waals surface area contributed by atoms with E-state index in [0.717, 1.165) is 25.0 Å². The monoisotopic (exact) mass is 603 g/mol. The maximum Gasteiger partial charge on any atom is 0.495 e. The van der Waals surface area contributed by atoms with E-state index in [1.807, 2.05) is 0 Å². The van der Waals surface area contributed by atoms with Crippen molar-refractivity contribution in [1.29, 1.82) is 0 Å². The molecule has 15 heteroatoms. The zero-order valence-corrected chi connectivity index (χ0v) is 22.2. The molecule has 2 aromatic heterocycles. The number of hydrogen-bond donors (Lipinski definition) is 0. The molecule has 3 heterocycles. The molecule has 226 valence electrons. The lowest BCUT2D eigenvalue weighted by Crippen LogP contribution is -2.55. The number of ether oxygens (including phenoxy) is 1. The first-order valence-corrected chi connectivity index (χ1v) is 13.2. The van der Waals surface area contributed by atoms with E-state index in [1.165, 1.54) is 12.1 Å². The van der Waals surface area contributed by atoms with Crippen LogP contribution in [0.4, 0.5) is 36.6 Å². The summed E-state index contributed by atoms with van der Waals surface area (Å²) in [5.74, 6) is -1.33. The molecule has 2 fully saturated rings. The van der Waals surface area contributed by atoms with E-state index in [9.17, 15) is 35.5 Å². The zero-order valence-electron chi connectivity index (χ0n) is 22.2. The van der Waals surface area contributed by atoms with Crippen molar-refractivity contribution in [3.8, 4) is 17.2 Å². The SMILES string of the molecule is Cc1nnc(-c2ccc(OCCC3CC3C3CCN(c4ccc(C(F)(F)F)c[n+]4OC(=O)C(F)(F)F)CC3)cc2F)o1. The molecule has 2 atom stereocenters. The van der Waals surface area contributed by atoms with Crippen LogP contribution in [0.1, 0.15) is 37.1 Å². The molecular weight excluding hydrogens is 577 g/mol. The molecule has 1 saturated heterocycles. The summed E-state index contributed by atoms with van der Waals surface area (Å²) in [6.45, 7) is 2.72. The van der Waals surface area contributed by atoms with Crippen molar-refractivity contribution in [1.82, 2.24) is 10.2 Å². The summed E-state index contributed by atoms with van der Waals surface area (Å²) in [5.41, 5.74) is -1.07. The van der Waals surface area contributed by atoms with E-state index < -0.39 is 29.7 Å². The zero-order chi connectivity index (χ0) is 30.2. The van der Waals surface area contributed by atoms with Gasteiger partial charge >= 0.3 is 24.1 Å². The van der Waals surface area contributed by atoms with Gasteiger partial charge in [0, 0.05) is 19.1 Å². The highest BCUT2D eigenvalue weighted by Crippen LogP contribution is 2.50. The molecule has 2 aliphatic rings. The molecule has 0 bridgehead atoms. The van der Waals surface area contributed by atoms with Gasteiger partial charge in [-0.05, 0) is 66.4 Å². The number of aryl methyl sites for hydroxylation is 1. The molecule has 1 aromatic carbocycles. The molecule has 42 heavy (non-hydrogen) atoms. The number of nitrogens with zero attached hydrogens (tertiary/aromatic N) is 4. The predicted molar refractivity (Wildman–Crippen MR) is 130 cm³/mol. The van der Waals surface area contributed by atoms with Gasteiger partial charge in [0.2, 0.25) is 5.89 Å². The third kappa shape index (κ3) is 6.76. The van der Waals surface area contributed by atoms with Gasteiger partial charge in [-0.2, -0.15) is 26.3 Å². The van der Waals surface area contributed by atoms with Crippen LogP contribution in [-0.4, -0.2) is 42.0 Å². The van der Waals surface area contributed by atoms with Crippen molar-refractivity contribution in [3.05, 3.63) is 53.8 Å². The van der Waals surface area contributed by atoms with E-state index in [0.29, 0.717) is 68.1 Å². The molecule has 0 amide bonds. The van der Waals surface area contributed by atoms with Gasteiger partial charge in [-0.3, -0.25) is 4.90 Å². The highest BCUT2D eigenvalue weighted by molar-refractivity contribution is 5.75. The third-order valence-corrected chi connectivity index (χ3v) is 7.53. The Balaban J connectivity index is 1.12. The lowest BCUT2D eigenvalue weighted by atomic mass is 9.90. The van der Waals surface area contributed by atoms with Gasteiger partial charge < -0.3 is 9.15 Å². The van der Waals surface area contributed by atoms with Crippen molar-refractivity contribution in [2.24, 2.45) is 17.8 Å². The van der Waals surface area contributed by atoms with Crippen LogP contribution in [0.2, 0.25) is 0 Å². The van der Waals surface area contributed by atoms with Crippen molar-refractivity contribution in [2.75, 3.05) is 24.6 Å². The minimum absolute atomic E-state index is 0.0766. The third-order valence-electron chi connectivity index (χ3n) is 7.53. The number of anilines is 1. The summed E-state index contributed by atoms with van der Waals surface area (Å²) >= 11 is 0. The Morgan fingerprint density at radius 3 is 2.45 bits per heavy atom. The quantitative estimate of drug-likeness (QED) is 0.254. The van der Waals surface area contributed by atoms with Crippen molar-refractivity contribution in [2.45, 2.75) is 45.0 Å². The first kappa shape index (κ1) is 29.6. The van der Waals surface area contributed by atoms with E-state index in [4.69, 9.17) is 9.15 Å². The highest BCUT2D eigenvalue weighted by atomic mass is 19.4. The lowest BCUT2D eigenvalue weighted by Gasteiger charge is -2.28. The standard InChI is InChI=1S/C27H26F7N4O4/c1-15-35-36-24(41-15)20-4-3-19(13-22(20)28)40-11-8-17-12-21(17)16-6-9-37(10-7-16)23-5-2-18(26(29,30)31)14-38(23)42-25(39)27(32,33)34/h2-5,13-14,16-17,21H,6-12H2,1H3/q+1. The van der Waals surface area contributed by atoms with E-state index >= 15 is 0 Å². The Hall–Kier alpha value is -3.91. The van der Waals surface area contributed by atoms with E-state index in [2.05, 4.69) is 15.0 Å². The summed E-state index contributed by atoms with van der Waals surface area (Å²) < 4.78 is 103. The smallest absolute Gasteiger partial charge is 0.493 e. The topological polar surface area (TPSA) is 81.6 Å². The summed E-state index contributed by atoms with van der Waals surface area (Å²) in [6, 6.07) is 6.13. The molecule has 0 N–H and O–H groups in total. The fourth-order valence-electron chi connectivity index (χ4n) is 5.33. The van der Waals surface area contributed by atoms with E-state index in [1.54, 1.807) is 17.9 Å². The predicted octanol–water partition coefficient (Wildman–Crippen LogP) is 5.33. The molecule has 0 radical (unpaired) electrons. The van der Waals surface area contributed by atoms with Gasteiger partial charge in [-0.1, -0.05) is 0 Å². The van der Waals surface area contributed by atoms with Crippen LogP contribution in [0, 0.1) is 30.5 Å². The Labute approximate surface area is 235 Å². The van der Waals surface area contributed by atoms with Crippen LogP contribution in [-0.2, 0) is 11.0 Å². The fraction of sp³-hybridized carbons (Fsp3) is 0.481. The first-order valence-electron chi connectivity index (χ1n) is 13.2. The van der Waals surface area contributed by atoms with Gasteiger partial charge in [0.05, 0.1) is 30.8 Å². The van der Waals surface area contributed by atoms with Gasteiger partial charge in [-0.25, -0.2) is 14.0 Å². The fourth-order valence-corrected chi connectivity index (χ4v) is 5.33. The summed E-state index contributed by atoms with van der Waals surface area (Å²) in [6.07, 6.45) is -6.81. The minimum atomic E-state index is -5.37. The number of aromatic nitrogens is 3. The maximum atomic E-state index is 14.5. The molecule has 1 aliphatic heterocycles. The average Bonchev–Trinajstić information content (AvgIpc) is 3.57. The van der Waals surface area contributed by atoms with Gasteiger partial charge in [0.15, 0.2) is 6.20 Å². The van der Waals surface area contributed by atoms with Crippen LogP contribution >= 0.6 is 0 Å². The Morgan fingerprint density at radius 2 is 1.83 bits per heavy atom. The second-order valence-corrected chi connectivity index (χ2v) is 10.4. The number of rotatable bonds is 8. The van der Waals surface area contributed by atoms with Gasteiger partial charge in [0.1, 0.15) is 11.6 Å². The molecule has 1 aliphatic carbocycles. The van der Waals surface area contributed by atoms with Crippen LogP contribution in [0.25, 0.3) is 11.5 Å². The number of alkyl halides is 6. The minimum Gasteiger partial charge on any atom is -0.493 e. The molecule has 3 aromatic rings. The molecule has 2 unspecified atom stereocenters. The number of hydrogen-bond acceptors (Lipinski definition) is 7. The molecule has 0 spiro atoms. The summed E-state index contributed by atoms with van der Waals surface area (Å²) in [4.78, 5) is 17.3. The number of halogens is 7. The van der Waals surface area contributed by atoms with Crippen LogP contribution in [0.15, 0.2) is 40.9 Å². The number of carbonyl (C=O) groups excluding carboxylic acids is 1. The first-order chi connectivity index (χ1) is 19.8. The molecule has 1 saturated carbocycles. The number of benzene rings is 1. The number of piperidine rings is 1. The van der Waals surface area contributed by atoms with Crippen molar-refractivity contribution < 1.29 is 54.2 Å². The number of pyridine rings is 1. The largest absolute Gasteiger partial charge is 0.495 e. The Morgan fingerprint density at radius 1 is 1.10 bits per heavy atom. The highest BCUT2D eigenvalue weighted by Gasteiger charge is 2.46. The van der Waals surface area contributed by atoms with Gasteiger partial charge in [0.25, 0.3) is 5.89 Å². The van der Waals surface area contributed by atoms with Crippen molar-refractivity contribution in [3.63, 3.8) is 0 Å². The van der Waals surface area contributed by atoms with E-state index in [-0.39, 0.29) is 22.0 Å². The second kappa shape index (κ2) is 11.4. The second-order valence-electron chi connectivity index (χ2n) is 10.4. The van der Waals surface area contributed by atoms with Gasteiger partial charge in [-0.15, -0.1) is 10.2 Å². The normalized spacial score (nSPS) is 19.6. The van der Waals surface area contributed by atoms with Crippen LogP contribution in [0.3, 0.4) is 0 Å². The average molecular weight is 604 g/mol. The van der Waals surface area contributed by atoms with Crippen molar-refractivity contribution >= 4 is 11.8 Å². The molecule has 8 nitrogen and oxygen atoms in total. The van der Waals surface area contributed by atoms with Crippen LogP contribution < -0.4 is 19.2 Å². The number of carbonyl (C=O) groups is 1. The molecule has 5 rings (SSSR count). The Bertz CT molecular complexity index is 1430. The Kier molecular flexibility index (Phi) is 8.03. The molecular formula is C27H26F7N4O4+.